The number of anilines is 1. The first-order valence-electron chi connectivity index (χ1n) is 6.12. The number of Topliss-reactive ketones (excluding diaryl/α,β-unsaturated/α-hetero) is 1. The molecule has 2 heterocycles. The Labute approximate surface area is 101 Å². The Kier molecular flexibility index (Phi) is 2.26. The second kappa shape index (κ2) is 3.57. The highest BCUT2D eigenvalue weighted by Gasteiger charge is 2.51. The van der Waals surface area contributed by atoms with Gasteiger partial charge >= 0.3 is 0 Å². The predicted molar refractivity (Wildman–Crippen MR) is 65.6 cm³/mol. The number of nitrogens with zero attached hydrogens (tertiary/aromatic N) is 1. The Balaban J connectivity index is 1.96. The van der Waals surface area contributed by atoms with Crippen molar-refractivity contribution >= 4 is 11.5 Å². The van der Waals surface area contributed by atoms with Crippen molar-refractivity contribution in [2.24, 2.45) is 5.41 Å². The number of hydrogen-bond acceptors (Lipinski definition) is 3. The standard InChI is InChI=1S/C14H17NO2/c1-14(2)9-12-11(16)8-13(14)15(17-12)10-6-4-3-5-7-10/h3-7,12-13H,8-9H2,1-2H3/t12-,13-/m1/s1. The first-order valence-corrected chi connectivity index (χ1v) is 6.12. The number of ketones is 1. The lowest BCUT2D eigenvalue weighted by Crippen LogP contribution is -2.61. The Morgan fingerprint density at radius 1 is 1.29 bits per heavy atom. The number of hydrogen-bond donors (Lipinski definition) is 0. The Hall–Kier alpha value is -1.35. The molecule has 1 aromatic carbocycles. The maximum absolute atomic E-state index is 11.8. The van der Waals surface area contributed by atoms with Crippen LogP contribution in [-0.4, -0.2) is 17.9 Å². The molecule has 4 rings (SSSR count). The van der Waals surface area contributed by atoms with Crippen molar-refractivity contribution in [1.29, 1.82) is 0 Å². The van der Waals surface area contributed by atoms with Gasteiger partial charge in [0.25, 0.3) is 0 Å². The van der Waals surface area contributed by atoms with E-state index in [4.69, 9.17) is 4.84 Å². The second-order valence-corrected chi connectivity index (χ2v) is 5.63. The molecule has 3 nitrogen and oxygen atoms in total. The lowest BCUT2D eigenvalue weighted by molar-refractivity contribution is -0.159. The molecule has 0 aromatic heterocycles. The zero-order chi connectivity index (χ0) is 12.0. The molecule has 0 spiro atoms. The number of carbonyl (C=O) groups is 1. The Morgan fingerprint density at radius 3 is 2.65 bits per heavy atom. The van der Waals surface area contributed by atoms with Gasteiger partial charge in [0.15, 0.2) is 5.78 Å². The SMILES string of the molecule is CC1(C)C[C@H]2ON(c3ccccc3)[C@@H]1CC2=O. The van der Waals surface area contributed by atoms with E-state index in [1.165, 1.54) is 0 Å². The van der Waals surface area contributed by atoms with Gasteiger partial charge in [0.2, 0.25) is 0 Å². The summed E-state index contributed by atoms with van der Waals surface area (Å²) in [7, 11) is 0. The summed E-state index contributed by atoms with van der Waals surface area (Å²) < 4.78 is 0. The number of fused-ring (bicyclic) bond motifs is 3. The van der Waals surface area contributed by atoms with Gasteiger partial charge < -0.3 is 0 Å². The first-order chi connectivity index (χ1) is 8.08. The summed E-state index contributed by atoms with van der Waals surface area (Å²) in [6, 6.07) is 10.2. The van der Waals surface area contributed by atoms with Crippen LogP contribution in [0.5, 0.6) is 0 Å². The van der Waals surface area contributed by atoms with Crippen LogP contribution in [0.4, 0.5) is 5.69 Å². The minimum Gasteiger partial charge on any atom is -0.297 e. The fourth-order valence-corrected chi connectivity index (χ4v) is 2.85. The van der Waals surface area contributed by atoms with Crippen molar-refractivity contribution in [1.82, 2.24) is 0 Å². The van der Waals surface area contributed by atoms with E-state index in [9.17, 15) is 4.79 Å². The fourth-order valence-electron chi connectivity index (χ4n) is 2.85. The molecule has 3 heteroatoms. The van der Waals surface area contributed by atoms with E-state index in [1.54, 1.807) is 0 Å². The van der Waals surface area contributed by atoms with Crippen LogP contribution in [0.3, 0.4) is 0 Å². The normalized spacial score (nSPS) is 30.7. The molecule has 0 N–H and O–H groups in total. The van der Waals surface area contributed by atoms with E-state index in [-0.39, 0.29) is 23.3 Å². The van der Waals surface area contributed by atoms with Crippen molar-refractivity contribution in [3.63, 3.8) is 0 Å². The number of rotatable bonds is 1. The van der Waals surface area contributed by atoms with Gasteiger partial charge in [-0.2, -0.15) is 0 Å². The molecule has 17 heavy (non-hydrogen) atoms. The summed E-state index contributed by atoms with van der Waals surface area (Å²) in [6.45, 7) is 4.44. The van der Waals surface area contributed by atoms with Crippen LogP contribution in [0.2, 0.25) is 0 Å². The molecule has 1 aliphatic carbocycles. The first kappa shape index (κ1) is 10.8. The quantitative estimate of drug-likeness (QED) is 0.744. The average Bonchev–Trinajstić information content (AvgIpc) is 2.31. The molecule has 2 atom stereocenters. The number of para-hydroxylation sites is 1. The summed E-state index contributed by atoms with van der Waals surface area (Å²) >= 11 is 0. The van der Waals surface area contributed by atoms with Gasteiger partial charge in [-0.1, -0.05) is 32.0 Å². The van der Waals surface area contributed by atoms with Crippen LogP contribution >= 0.6 is 0 Å². The highest BCUT2D eigenvalue weighted by Crippen LogP contribution is 2.45. The minimum atomic E-state index is -0.254. The second-order valence-electron chi connectivity index (χ2n) is 5.63. The molecule has 2 saturated heterocycles. The monoisotopic (exact) mass is 231 g/mol. The molecule has 1 saturated carbocycles. The maximum Gasteiger partial charge on any atom is 0.166 e. The smallest absolute Gasteiger partial charge is 0.166 e. The van der Waals surface area contributed by atoms with E-state index in [0.717, 1.165) is 12.1 Å². The summed E-state index contributed by atoms with van der Waals surface area (Å²) in [5.41, 5.74) is 1.18. The third-order valence-electron chi connectivity index (χ3n) is 3.90. The largest absolute Gasteiger partial charge is 0.297 e. The third kappa shape index (κ3) is 1.65. The Bertz CT molecular complexity index is 441. The molecule has 1 aromatic rings. The van der Waals surface area contributed by atoms with Crippen LogP contribution in [0, 0.1) is 5.41 Å². The summed E-state index contributed by atoms with van der Waals surface area (Å²) in [4.78, 5) is 17.6. The fraction of sp³-hybridized carbons (Fsp3) is 0.500. The molecule has 0 unspecified atom stereocenters. The van der Waals surface area contributed by atoms with Gasteiger partial charge in [-0.3, -0.25) is 9.63 Å². The highest BCUT2D eigenvalue weighted by molar-refractivity contribution is 5.86. The molecular weight excluding hydrogens is 214 g/mol. The van der Waals surface area contributed by atoms with E-state index in [2.05, 4.69) is 13.8 Å². The minimum absolute atomic E-state index is 0.132. The summed E-state index contributed by atoms with van der Waals surface area (Å²) in [6.07, 6.45) is 1.18. The topological polar surface area (TPSA) is 29.5 Å². The predicted octanol–water partition coefficient (Wildman–Crippen LogP) is 2.56. The lowest BCUT2D eigenvalue weighted by atomic mass is 9.70. The molecule has 0 amide bonds. The lowest BCUT2D eigenvalue weighted by Gasteiger charge is -2.53. The molecule has 2 bridgehead atoms. The molecule has 2 aliphatic heterocycles. The number of benzene rings is 1. The number of carbonyl (C=O) groups excluding carboxylic acids is 1. The molecule has 0 radical (unpaired) electrons. The summed E-state index contributed by atoms with van der Waals surface area (Å²) in [5.74, 6) is 0.251. The van der Waals surface area contributed by atoms with Crippen LogP contribution < -0.4 is 5.06 Å². The third-order valence-corrected chi connectivity index (χ3v) is 3.90. The molecule has 3 fully saturated rings. The summed E-state index contributed by atoms with van der Waals surface area (Å²) in [5, 5.41) is 1.94. The zero-order valence-electron chi connectivity index (χ0n) is 10.2. The van der Waals surface area contributed by atoms with E-state index in [0.29, 0.717) is 6.42 Å². The van der Waals surface area contributed by atoms with E-state index < -0.39 is 0 Å². The number of hydroxylamine groups is 1. The van der Waals surface area contributed by atoms with Gasteiger partial charge in [0.05, 0.1) is 11.7 Å². The molecule has 3 aliphatic rings. The van der Waals surface area contributed by atoms with Crippen LogP contribution in [0.1, 0.15) is 26.7 Å². The van der Waals surface area contributed by atoms with Gasteiger partial charge in [0.1, 0.15) is 6.10 Å². The van der Waals surface area contributed by atoms with Crippen molar-refractivity contribution < 1.29 is 9.63 Å². The van der Waals surface area contributed by atoms with Crippen molar-refractivity contribution in [3.8, 4) is 0 Å². The Morgan fingerprint density at radius 2 is 2.00 bits per heavy atom. The van der Waals surface area contributed by atoms with Crippen molar-refractivity contribution in [2.75, 3.05) is 5.06 Å². The van der Waals surface area contributed by atoms with Gasteiger partial charge in [0, 0.05) is 6.42 Å². The van der Waals surface area contributed by atoms with Crippen LogP contribution in [-0.2, 0) is 9.63 Å². The van der Waals surface area contributed by atoms with E-state index in [1.807, 2.05) is 35.4 Å². The van der Waals surface area contributed by atoms with Crippen LogP contribution in [0.25, 0.3) is 0 Å². The maximum atomic E-state index is 11.8. The van der Waals surface area contributed by atoms with Gasteiger partial charge in [-0.25, -0.2) is 5.06 Å². The molecule has 90 valence electrons. The van der Waals surface area contributed by atoms with Gasteiger partial charge in [-0.05, 0) is 24.0 Å². The van der Waals surface area contributed by atoms with Gasteiger partial charge in [-0.15, -0.1) is 0 Å². The van der Waals surface area contributed by atoms with Crippen LogP contribution in [0.15, 0.2) is 30.3 Å². The highest BCUT2D eigenvalue weighted by atomic mass is 16.7. The van der Waals surface area contributed by atoms with Crippen molar-refractivity contribution in [3.05, 3.63) is 30.3 Å². The zero-order valence-corrected chi connectivity index (χ0v) is 10.2. The van der Waals surface area contributed by atoms with Crippen molar-refractivity contribution in [2.45, 2.75) is 38.8 Å². The molecular formula is C14H17NO2. The average molecular weight is 231 g/mol. The van der Waals surface area contributed by atoms with E-state index >= 15 is 0 Å².